The molecule has 2 aromatic heterocycles. The Bertz CT molecular complexity index is 994. The molecule has 0 radical (unpaired) electrons. The van der Waals surface area contributed by atoms with Gasteiger partial charge in [-0.1, -0.05) is 6.07 Å². The van der Waals surface area contributed by atoms with Gasteiger partial charge in [-0.15, -0.1) is 23.1 Å². The first kappa shape index (κ1) is 17.5. The van der Waals surface area contributed by atoms with Crippen LogP contribution in [0.2, 0.25) is 0 Å². The Kier molecular flexibility index (Phi) is 5.10. The molecule has 0 aliphatic carbocycles. The quantitative estimate of drug-likeness (QED) is 0.694. The predicted octanol–water partition coefficient (Wildman–Crippen LogP) is 3.04. The lowest BCUT2D eigenvalue weighted by molar-refractivity contribution is -0.113. The maximum absolute atomic E-state index is 12.2. The van der Waals surface area contributed by atoms with Crippen molar-refractivity contribution in [3.05, 3.63) is 46.5 Å². The molecule has 0 spiro atoms. The number of anilines is 1. The summed E-state index contributed by atoms with van der Waals surface area (Å²) in [6.45, 7) is 1.80. The number of thioether (sulfide) groups is 1. The van der Waals surface area contributed by atoms with Gasteiger partial charge >= 0.3 is 0 Å². The molecule has 1 aromatic carbocycles. The van der Waals surface area contributed by atoms with Gasteiger partial charge in [-0.05, 0) is 25.1 Å². The largest absolute Gasteiger partial charge is 0.497 e. The average Bonchev–Trinajstić information content (AvgIpc) is 3.01. The number of methoxy groups -OCH3 is 1. The van der Waals surface area contributed by atoms with Gasteiger partial charge in [0.2, 0.25) is 5.91 Å². The summed E-state index contributed by atoms with van der Waals surface area (Å²) >= 11 is 2.82. The highest BCUT2D eigenvalue weighted by Gasteiger charge is 2.12. The summed E-state index contributed by atoms with van der Waals surface area (Å²) in [6.07, 6.45) is 0. The SMILES string of the molecule is COc1cccc(NC(=O)CSc2cc3c(=O)n(C)c(C)nc3s2)c1. The molecule has 0 unspecified atom stereocenters. The Labute approximate surface area is 152 Å². The van der Waals surface area contributed by atoms with E-state index < -0.39 is 0 Å². The van der Waals surface area contributed by atoms with Crippen molar-refractivity contribution >= 4 is 44.9 Å². The van der Waals surface area contributed by atoms with Crippen molar-refractivity contribution < 1.29 is 9.53 Å². The van der Waals surface area contributed by atoms with Gasteiger partial charge in [0.25, 0.3) is 5.56 Å². The lowest BCUT2D eigenvalue weighted by atomic mass is 10.3. The number of thiophene rings is 1. The molecule has 130 valence electrons. The number of amides is 1. The number of hydrogen-bond donors (Lipinski definition) is 1. The van der Waals surface area contributed by atoms with Gasteiger partial charge in [-0.25, -0.2) is 4.98 Å². The zero-order valence-corrected chi connectivity index (χ0v) is 15.7. The molecular formula is C17H17N3O3S2. The molecule has 0 saturated carbocycles. The standard InChI is InChI=1S/C17H17N3O3S2/c1-10-18-16-13(17(22)20(10)2)8-15(25-16)24-9-14(21)19-11-5-4-6-12(7-11)23-3/h4-8H,9H2,1-3H3,(H,19,21). The number of hydrogen-bond acceptors (Lipinski definition) is 6. The zero-order valence-electron chi connectivity index (χ0n) is 14.0. The summed E-state index contributed by atoms with van der Waals surface area (Å²) in [5, 5.41) is 3.43. The minimum atomic E-state index is -0.118. The van der Waals surface area contributed by atoms with E-state index in [2.05, 4.69) is 10.3 Å². The van der Waals surface area contributed by atoms with E-state index >= 15 is 0 Å². The molecule has 6 nitrogen and oxygen atoms in total. The summed E-state index contributed by atoms with van der Waals surface area (Å²) in [4.78, 5) is 29.5. The number of fused-ring (bicyclic) bond motifs is 1. The fourth-order valence-corrected chi connectivity index (χ4v) is 4.25. The Morgan fingerprint density at radius 2 is 2.20 bits per heavy atom. The molecule has 0 bridgehead atoms. The highest BCUT2D eigenvalue weighted by molar-refractivity contribution is 8.01. The van der Waals surface area contributed by atoms with Crippen LogP contribution in [0, 0.1) is 6.92 Å². The molecule has 1 amide bonds. The molecule has 3 aromatic rings. The van der Waals surface area contributed by atoms with Gasteiger partial charge in [0, 0.05) is 18.8 Å². The fourth-order valence-electron chi connectivity index (χ4n) is 2.25. The van der Waals surface area contributed by atoms with Gasteiger partial charge in [0.1, 0.15) is 16.4 Å². The second-order valence-corrected chi connectivity index (χ2v) is 7.68. The van der Waals surface area contributed by atoms with Crippen LogP contribution in [-0.4, -0.2) is 28.3 Å². The molecule has 2 heterocycles. The van der Waals surface area contributed by atoms with Crippen LogP contribution in [0.5, 0.6) is 5.75 Å². The smallest absolute Gasteiger partial charge is 0.262 e. The Morgan fingerprint density at radius 1 is 1.40 bits per heavy atom. The molecule has 0 saturated heterocycles. The van der Waals surface area contributed by atoms with E-state index in [1.54, 1.807) is 39.3 Å². The van der Waals surface area contributed by atoms with Crippen LogP contribution >= 0.6 is 23.1 Å². The average molecular weight is 375 g/mol. The van der Waals surface area contributed by atoms with Crippen LogP contribution in [0.15, 0.2) is 39.3 Å². The summed E-state index contributed by atoms with van der Waals surface area (Å²) < 4.78 is 7.56. The number of nitrogens with zero attached hydrogens (tertiary/aromatic N) is 2. The normalized spacial score (nSPS) is 10.8. The van der Waals surface area contributed by atoms with E-state index in [0.29, 0.717) is 27.5 Å². The fraction of sp³-hybridized carbons (Fsp3) is 0.235. The van der Waals surface area contributed by atoms with Crippen molar-refractivity contribution in [3.8, 4) is 5.75 Å². The Balaban J connectivity index is 1.69. The summed E-state index contributed by atoms with van der Waals surface area (Å²) in [6, 6.07) is 9.01. The lowest BCUT2D eigenvalue weighted by Crippen LogP contribution is -2.19. The number of rotatable bonds is 5. The van der Waals surface area contributed by atoms with Crippen LogP contribution in [0.1, 0.15) is 5.82 Å². The third-order valence-electron chi connectivity index (χ3n) is 3.67. The third kappa shape index (κ3) is 3.85. The second kappa shape index (κ2) is 7.28. The summed E-state index contributed by atoms with van der Waals surface area (Å²) in [5.41, 5.74) is 0.624. The Morgan fingerprint density at radius 3 is 2.96 bits per heavy atom. The first-order chi connectivity index (χ1) is 12.0. The number of benzene rings is 1. The maximum atomic E-state index is 12.2. The van der Waals surface area contributed by atoms with Gasteiger partial charge in [0.15, 0.2) is 0 Å². The van der Waals surface area contributed by atoms with E-state index in [-0.39, 0.29) is 17.2 Å². The number of carbonyl (C=O) groups excluding carboxylic acids is 1. The molecule has 0 aliphatic heterocycles. The van der Waals surface area contributed by atoms with Gasteiger partial charge in [-0.3, -0.25) is 14.2 Å². The van der Waals surface area contributed by atoms with E-state index in [1.165, 1.54) is 27.7 Å². The molecular weight excluding hydrogens is 358 g/mol. The van der Waals surface area contributed by atoms with Crippen LogP contribution in [0.25, 0.3) is 10.2 Å². The topological polar surface area (TPSA) is 73.2 Å². The minimum Gasteiger partial charge on any atom is -0.497 e. The van der Waals surface area contributed by atoms with Crippen molar-refractivity contribution in [2.45, 2.75) is 11.1 Å². The molecule has 0 aliphatic rings. The van der Waals surface area contributed by atoms with Gasteiger partial charge < -0.3 is 10.1 Å². The molecule has 0 atom stereocenters. The number of nitrogens with one attached hydrogen (secondary N) is 1. The molecule has 25 heavy (non-hydrogen) atoms. The predicted molar refractivity (Wildman–Crippen MR) is 102 cm³/mol. The molecule has 0 fully saturated rings. The van der Waals surface area contributed by atoms with Crippen molar-refractivity contribution in [1.29, 1.82) is 0 Å². The monoisotopic (exact) mass is 375 g/mol. The second-order valence-electron chi connectivity index (χ2n) is 5.38. The Hall–Kier alpha value is -2.32. The van der Waals surface area contributed by atoms with E-state index in [0.717, 1.165) is 4.21 Å². The van der Waals surface area contributed by atoms with Crippen molar-refractivity contribution in [2.24, 2.45) is 7.05 Å². The summed E-state index contributed by atoms with van der Waals surface area (Å²) in [5.74, 6) is 1.50. The van der Waals surface area contributed by atoms with Crippen LogP contribution < -0.4 is 15.6 Å². The third-order valence-corrected chi connectivity index (χ3v) is 5.91. The minimum absolute atomic E-state index is 0.0635. The number of ether oxygens (including phenoxy) is 1. The van der Waals surface area contributed by atoms with E-state index in [9.17, 15) is 9.59 Å². The van der Waals surface area contributed by atoms with Gasteiger partial charge in [-0.2, -0.15) is 0 Å². The molecule has 1 N–H and O–H groups in total. The lowest BCUT2D eigenvalue weighted by Gasteiger charge is -2.06. The first-order valence-corrected chi connectivity index (χ1v) is 9.32. The highest BCUT2D eigenvalue weighted by atomic mass is 32.2. The molecule has 8 heteroatoms. The van der Waals surface area contributed by atoms with Crippen molar-refractivity contribution in [3.63, 3.8) is 0 Å². The number of aromatic nitrogens is 2. The maximum Gasteiger partial charge on any atom is 0.262 e. The van der Waals surface area contributed by atoms with Gasteiger partial charge in [0.05, 0.1) is 22.5 Å². The van der Waals surface area contributed by atoms with Crippen LogP contribution in [0.3, 0.4) is 0 Å². The highest BCUT2D eigenvalue weighted by Crippen LogP contribution is 2.30. The van der Waals surface area contributed by atoms with E-state index in [1.807, 2.05) is 12.1 Å². The van der Waals surface area contributed by atoms with E-state index in [4.69, 9.17) is 4.74 Å². The number of aryl methyl sites for hydroxylation is 1. The van der Waals surface area contributed by atoms with Crippen LogP contribution in [-0.2, 0) is 11.8 Å². The number of carbonyl (C=O) groups is 1. The first-order valence-electron chi connectivity index (χ1n) is 7.52. The van der Waals surface area contributed by atoms with Crippen molar-refractivity contribution in [2.75, 3.05) is 18.2 Å². The summed E-state index contributed by atoms with van der Waals surface area (Å²) in [7, 11) is 3.29. The van der Waals surface area contributed by atoms with Crippen LogP contribution in [0.4, 0.5) is 5.69 Å². The zero-order chi connectivity index (χ0) is 18.0. The van der Waals surface area contributed by atoms with Crippen molar-refractivity contribution in [1.82, 2.24) is 9.55 Å². The molecule has 3 rings (SSSR count).